The second-order valence-electron chi connectivity index (χ2n) is 7.94. The molecule has 1 aliphatic rings. The van der Waals surface area contributed by atoms with Crippen molar-refractivity contribution in [2.75, 3.05) is 13.9 Å². The van der Waals surface area contributed by atoms with Crippen molar-refractivity contribution in [1.29, 1.82) is 0 Å². The summed E-state index contributed by atoms with van der Waals surface area (Å²) in [5.74, 6) is 2.05. The molecule has 0 fully saturated rings. The van der Waals surface area contributed by atoms with Crippen LogP contribution in [-0.4, -0.2) is 29.7 Å². The molecule has 0 radical (unpaired) electrons. The number of aromatic nitrogens is 1. The Bertz CT molecular complexity index is 1700. The zero-order valence-electron chi connectivity index (χ0n) is 19.4. The minimum absolute atomic E-state index is 0.00740. The number of para-hydroxylation sites is 1. The van der Waals surface area contributed by atoms with Crippen LogP contribution in [0.5, 0.6) is 17.2 Å². The molecule has 5 aromatic rings. The molecule has 0 N–H and O–H groups in total. The highest BCUT2D eigenvalue weighted by Crippen LogP contribution is 2.37. The topological polar surface area (TPSA) is 114 Å². The molecule has 0 saturated carbocycles. The van der Waals surface area contributed by atoms with Crippen molar-refractivity contribution in [3.63, 3.8) is 0 Å². The maximum Gasteiger partial charge on any atom is 0.282 e. The van der Waals surface area contributed by atoms with E-state index in [-0.39, 0.29) is 18.0 Å². The maximum atomic E-state index is 11.7. The minimum Gasteiger partial charge on any atom is -0.497 e. The van der Waals surface area contributed by atoms with Crippen LogP contribution < -0.4 is 19.0 Å². The Labute approximate surface area is 213 Å². The van der Waals surface area contributed by atoms with Crippen LogP contribution in [0.1, 0.15) is 5.56 Å². The van der Waals surface area contributed by atoms with Crippen molar-refractivity contribution in [3.8, 4) is 28.7 Å². The zero-order valence-corrected chi connectivity index (χ0v) is 20.2. The average Bonchev–Trinajstić information content (AvgIpc) is 3.65. The zero-order chi connectivity index (χ0) is 25.4. The van der Waals surface area contributed by atoms with Gasteiger partial charge in [-0.15, -0.1) is 11.3 Å². The Morgan fingerprint density at radius 3 is 2.62 bits per heavy atom. The van der Waals surface area contributed by atoms with Gasteiger partial charge in [0.05, 0.1) is 35.6 Å². The van der Waals surface area contributed by atoms with Crippen molar-refractivity contribution in [1.82, 2.24) is 4.68 Å². The number of methoxy groups -OCH3 is 1. The number of ether oxygens (including phenoxy) is 3. The first-order valence-electron chi connectivity index (χ1n) is 11.1. The molecule has 0 atom stereocenters. The predicted octanol–water partition coefficient (Wildman–Crippen LogP) is 5.72. The number of fused-ring (bicyclic) bond motifs is 2. The molecule has 6 rings (SSSR count). The van der Waals surface area contributed by atoms with Crippen molar-refractivity contribution in [2.24, 2.45) is 10.1 Å². The fraction of sp³-hybridized carbons (Fsp3) is 0.0769. The van der Waals surface area contributed by atoms with Crippen molar-refractivity contribution in [2.45, 2.75) is 0 Å². The molecule has 37 heavy (non-hydrogen) atoms. The molecule has 0 unspecified atom stereocenters. The number of nitro groups is 1. The lowest BCUT2D eigenvalue weighted by molar-refractivity contribution is -0.385. The third-order valence-corrected chi connectivity index (χ3v) is 6.51. The lowest BCUT2D eigenvalue weighted by Crippen LogP contribution is -2.11. The van der Waals surface area contributed by atoms with Gasteiger partial charge in [0.1, 0.15) is 17.0 Å². The van der Waals surface area contributed by atoms with Crippen LogP contribution in [0, 0.1) is 10.1 Å². The third kappa shape index (κ3) is 4.32. The first-order valence-corrected chi connectivity index (χ1v) is 12.0. The molecule has 3 aromatic carbocycles. The Kier molecular flexibility index (Phi) is 5.66. The first kappa shape index (κ1) is 22.6. The summed E-state index contributed by atoms with van der Waals surface area (Å²) in [4.78, 5) is 16.5. The molecule has 11 heteroatoms. The molecule has 184 valence electrons. The lowest BCUT2D eigenvalue weighted by atomic mass is 10.1. The van der Waals surface area contributed by atoms with Gasteiger partial charge in [0.2, 0.25) is 11.6 Å². The SMILES string of the molecule is COc1ccc(N=c2scc(-c3cc4ccccc4o3)n2N=Cc2cc3c(cc2[N+](=O)[O-])OCO3)cc1. The van der Waals surface area contributed by atoms with E-state index in [4.69, 9.17) is 23.6 Å². The van der Waals surface area contributed by atoms with Crippen molar-refractivity contribution >= 4 is 39.9 Å². The Morgan fingerprint density at radius 1 is 1.08 bits per heavy atom. The molecule has 0 aliphatic carbocycles. The van der Waals surface area contributed by atoms with Gasteiger partial charge in [-0.3, -0.25) is 10.1 Å². The first-order chi connectivity index (χ1) is 18.1. The highest BCUT2D eigenvalue weighted by atomic mass is 32.1. The summed E-state index contributed by atoms with van der Waals surface area (Å²) < 4.78 is 23.6. The van der Waals surface area contributed by atoms with E-state index in [1.807, 2.05) is 60.0 Å². The molecule has 1 aliphatic heterocycles. The second-order valence-corrected chi connectivity index (χ2v) is 8.78. The number of nitro benzene ring substituents is 1. The van der Waals surface area contributed by atoms with E-state index in [0.29, 0.717) is 39.2 Å². The van der Waals surface area contributed by atoms with Crippen LogP contribution in [0.25, 0.3) is 22.4 Å². The van der Waals surface area contributed by atoms with E-state index < -0.39 is 4.92 Å². The number of rotatable bonds is 6. The molecule has 10 nitrogen and oxygen atoms in total. The second kappa shape index (κ2) is 9.28. The van der Waals surface area contributed by atoms with E-state index in [1.165, 1.54) is 29.7 Å². The molecule has 0 saturated heterocycles. The van der Waals surface area contributed by atoms with Gasteiger partial charge in [0.25, 0.3) is 5.69 Å². The van der Waals surface area contributed by atoms with Crippen LogP contribution >= 0.6 is 11.3 Å². The van der Waals surface area contributed by atoms with Crippen LogP contribution in [-0.2, 0) is 0 Å². The Balaban J connectivity index is 1.50. The number of thiazole rings is 1. The summed E-state index contributed by atoms with van der Waals surface area (Å²) >= 11 is 1.36. The molecular formula is C26H18N4O6S. The number of furan rings is 1. The highest BCUT2D eigenvalue weighted by Gasteiger charge is 2.23. The van der Waals surface area contributed by atoms with Gasteiger partial charge in [0.15, 0.2) is 17.3 Å². The number of nitrogens with zero attached hydrogens (tertiary/aromatic N) is 4. The van der Waals surface area contributed by atoms with E-state index in [2.05, 4.69) is 5.10 Å². The van der Waals surface area contributed by atoms with Gasteiger partial charge in [-0.1, -0.05) is 18.2 Å². The van der Waals surface area contributed by atoms with Gasteiger partial charge < -0.3 is 18.6 Å². The Hall–Kier alpha value is -4.90. The van der Waals surface area contributed by atoms with Gasteiger partial charge in [0, 0.05) is 10.8 Å². The van der Waals surface area contributed by atoms with Crippen LogP contribution in [0.3, 0.4) is 0 Å². The van der Waals surface area contributed by atoms with Crippen molar-refractivity contribution in [3.05, 3.63) is 92.6 Å². The molecule has 3 heterocycles. The summed E-state index contributed by atoms with van der Waals surface area (Å²) in [6, 6.07) is 19.8. The number of benzene rings is 3. The predicted molar refractivity (Wildman–Crippen MR) is 138 cm³/mol. The molecular weight excluding hydrogens is 496 g/mol. The normalized spacial score (nSPS) is 13.1. The number of hydrogen-bond acceptors (Lipinski definition) is 9. The van der Waals surface area contributed by atoms with Crippen LogP contribution in [0.15, 0.2) is 86.6 Å². The fourth-order valence-electron chi connectivity index (χ4n) is 3.86. The van der Waals surface area contributed by atoms with Gasteiger partial charge >= 0.3 is 0 Å². The van der Waals surface area contributed by atoms with Gasteiger partial charge in [-0.05, 0) is 42.5 Å². The van der Waals surface area contributed by atoms with E-state index >= 15 is 0 Å². The quantitative estimate of drug-likeness (QED) is 0.163. The highest BCUT2D eigenvalue weighted by molar-refractivity contribution is 7.07. The molecule has 2 aromatic heterocycles. The average molecular weight is 515 g/mol. The minimum atomic E-state index is -0.482. The smallest absolute Gasteiger partial charge is 0.282 e. The van der Waals surface area contributed by atoms with E-state index in [9.17, 15) is 10.1 Å². The largest absolute Gasteiger partial charge is 0.497 e. The Morgan fingerprint density at radius 2 is 1.86 bits per heavy atom. The van der Waals surface area contributed by atoms with Crippen LogP contribution in [0.2, 0.25) is 0 Å². The monoisotopic (exact) mass is 514 g/mol. The number of hydrogen-bond donors (Lipinski definition) is 0. The van der Waals surface area contributed by atoms with Gasteiger partial charge in [-0.2, -0.15) is 5.10 Å². The molecule has 0 bridgehead atoms. The summed E-state index contributed by atoms with van der Waals surface area (Å²) in [6.45, 7) is 0.00740. The van der Waals surface area contributed by atoms with Crippen LogP contribution in [0.4, 0.5) is 11.4 Å². The van der Waals surface area contributed by atoms with Crippen molar-refractivity contribution < 1.29 is 23.6 Å². The maximum absolute atomic E-state index is 11.7. The van der Waals surface area contributed by atoms with Gasteiger partial charge in [-0.25, -0.2) is 9.67 Å². The lowest BCUT2D eigenvalue weighted by Gasteiger charge is -2.03. The third-order valence-electron chi connectivity index (χ3n) is 5.69. The standard InChI is InChI=1S/C26H18N4O6S/c1-33-19-8-6-18(7-9-19)28-26-29(21(14-37-26)23-10-16-4-2-3-5-22(16)36-23)27-13-17-11-24-25(35-15-34-24)12-20(17)30(31)32/h2-14H,15H2,1H3. The summed E-state index contributed by atoms with van der Waals surface area (Å²) in [7, 11) is 1.60. The summed E-state index contributed by atoms with van der Waals surface area (Å²) in [5, 5.41) is 19.2. The van der Waals surface area contributed by atoms with E-state index in [0.717, 1.165) is 11.0 Å². The fourth-order valence-corrected chi connectivity index (χ4v) is 4.70. The summed E-state index contributed by atoms with van der Waals surface area (Å²) in [5.41, 5.74) is 2.19. The molecule has 0 spiro atoms. The summed E-state index contributed by atoms with van der Waals surface area (Å²) in [6.07, 6.45) is 1.41. The van der Waals surface area contributed by atoms with E-state index in [1.54, 1.807) is 11.8 Å². The molecule has 0 amide bonds.